The molecule has 0 aliphatic carbocycles. The molecule has 0 unspecified atom stereocenters. The zero-order valence-electron chi connectivity index (χ0n) is 11.8. The van der Waals surface area contributed by atoms with E-state index in [9.17, 15) is 4.79 Å². The number of carbonyl (C=O) groups excluding carboxylic acids is 1. The van der Waals surface area contributed by atoms with Gasteiger partial charge < -0.3 is 10.1 Å². The Bertz CT molecular complexity index is 707. The Labute approximate surface area is 122 Å². The van der Waals surface area contributed by atoms with Gasteiger partial charge in [0.1, 0.15) is 11.8 Å². The van der Waals surface area contributed by atoms with Crippen LogP contribution in [0.2, 0.25) is 0 Å². The first-order valence-corrected chi connectivity index (χ1v) is 6.43. The van der Waals surface area contributed by atoms with E-state index in [1.54, 1.807) is 44.2 Å². The molecular formula is C15H14N4O2. The van der Waals surface area contributed by atoms with Crippen LogP contribution in [0.1, 0.15) is 28.7 Å². The summed E-state index contributed by atoms with van der Waals surface area (Å²) >= 11 is 0. The number of rotatable bonds is 4. The van der Waals surface area contributed by atoms with Gasteiger partial charge in [0.05, 0.1) is 17.9 Å². The van der Waals surface area contributed by atoms with Crippen molar-refractivity contribution in [3.63, 3.8) is 0 Å². The number of benzene rings is 1. The molecule has 0 bridgehead atoms. The van der Waals surface area contributed by atoms with Gasteiger partial charge in [-0.2, -0.15) is 5.26 Å². The van der Waals surface area contributed by atoms with Crippen molar-refractivity contribution in [2.24, 2.45) is 0 Å². The molecule has 0 fully saturated rings. The van der Waals surface area contributed by atoms with E-state index in [0.717, 1.165) is 0 Å². The summed E-state index contributed by atoms with van der Waals surface area (Å²) in [5, 5.41) is 11.9. The second-order valence-corrected chi connectivity index (χ2v) is 4.22. The number of nitrogens with one attached hydrogen (secondary N) is 1. The highest BCUT2D eigenvalue weighted by atomic mass is 16.5. The first-order chi connectivity index (χ1) is 10.1. The number of carbonyl (C=O) groups is 1. The summed E-state index contributed by atoms with van der Waals surface area (Å²) in [7, 11) is 0. The molecular weight excluding hydrogens is 268 g/mol. The summed E-state index contributed by atoms with van der Waals surface area (Å²) in [4.78, 5) is 20.1. The minimum Gasteiger partial charge on any atom is -0.462 e. The van der Waals surface area contributed by atoms with Crippen molar-refractivity contribution in [3.8, 4) is 6.07 Å². The number of para-hydroxylation sites is 1. The van der Waals surface area contributed by atoms with E-state index in [0.29, 0.717) is 23.6 Å². The van der Waals surface area contributed by atoms with E-state index >= 15 is 0 Å². The van der Waals surface area contributed by atoms with E-state index in [4.69, 9.17) is 10.00 Å². The van der Waals surface area contributed by atoms with Crippen LogP contribution in [0, 0.1) is 18.3 Å². The van der Waals surface area contributed by atoms with Crippen LogP contribution in [-0.2, 0) is 4.74 Å². The Kier molecular flexibility index (Phi) is 4.46. The molecule has 106 valence electrons. The van der Waals surface area contributed by atoms with Gasteiger partial charge in [-0.05, 0) is 32.0 Å². The maximum Gasteiger partial charge on any atom is 0.340 e. The number of aryl methyl sites for hydroxylation is 1. The second kappa shape index (κ2) is 6.48. The molecule has 0 radical (unpaired) electrons. The van der Waals surface area contributed by atoms with Gasteiger partial charge in [0, 0.05) is 5.69 Å². The van der Waals surface area contributed by atoms with Gasteiger partial charge in [0.2, 0.25) is 5.95 Å². The molecule has 1 aromatic carbocycles. The number of hydrogen-bond donors (Lipinski definition) is 1. The highest BCUT2D eigenvalue weighted by molar-refractivity contribution is 5.96. The predicted octanol–water partition coefficient (Wildman–Crippen LogP) is 2.58. The Balaban J connectivity index is 2.34. The van der Waals surface area contributed by atoms with Gasteiger partial charge in [0.15, 0.2) is 0 Å². The van der Waals surface area contributed by atoms with Crippen LogP contribution < -0.4 is 5.32 Å². The van der Waals surface area contributed by atoms with E-state index in [1.165, 1.54) is 0 Å². The van der Waals surface area contributed by atoms with Gasteiger partial charge in [-0.15, -0.1) is 0 Å². The van der Waals surface area contributed by atoms with Crippen LogP contribution in [-0.4, -0.2) is 22.5 Å². The smallest absolute Gasteiger partial charge is 0.340 e. The molecule has 0 aliphatic heterocycles. The first kappa shape index (κ1) is 14.5. The molecule has 1 aromatic heterocycles. The summed E-state index contributed by atoms with van der Waals surface area (Å²) in [6.07, 6.45) is 0. The summed E-state index contributed by atoms with van der Waals surface area (Å²) in [5.74, 6) is -0.156. The lowest BCUT2D eigenvalue weighted by Gasteiger charge is -2.10. The molecule has 2 aromatic rings. The van der Waals surface area contributed by atoms with E-state index < -0.39 is 5.97 Å². The highest BCUT2D eigenvalue weighted by Crippen LogP contribution is 2.20. The molecule has 0 saturated heterocycles. The van der Waals surface area contributed by atoms with Crippen molar-refractivity contribution >= 4 is 17.6 Å². The Morgan fingerprint density at radius 3 is 2.86 bits per heavy atom. The largest absolute Gasteiger partial charge is 0.462 e. The zero-order valence-corrected chi connectivity index (χ0v) is 11.8. The number of esters is 1. The van der Waals surface area contributed by atoms with Crippen molar-refractivity contribution in [3.05, 3.63) is 47.3 Å². The van der Waals surface area contributed by atoms with Gasteiger partial charge in [-0.25, -0.2) is 14.8 Å². The molecule has 0 amide bonds. The number of hydrogen-bond acceptors (Lipinski definition) is 6. The fraction of sp³-hybridized carbons (Fsp3) is 0.200. The summed E-state index contributed by atoms with van der Waals surface area (Å²) in [6, 6.07) is 10.5. The number of aromatic nitrogens is 2. The lowest BCUT2D eigenvalue weighted by molar-refractivity contribution is 0.0527. The molecule has 0 saturated carbocycles. The minimum absolute atomic E-state index is 0.263. The fourth-order valence-electron chi connectivity index (χ4n) is 1.78. The highest BCUT2D eigenvalue weighted by Gasteiger charge is 2.13. The molecule has 6 nitrogen and oxygen atoms in total. The van der Waals surface area contributed by atoms with E-state index in [-0.39, 0.29) is 11.6 Å². The van der Waals surface area contributed by atoms with Crippen LogP contribution in [0.25, 0.3) is 0 Å². The minimum atomic E-state index is -0.422. The summed E-state index contributed by atoms with van der Waals surface area (Å²) in [5.41, 5.74) is 1.85. The van der Waals surface area contributed by atoms with Crippen molar-refractivity contribution in [2.75, 3.05) is 11.9 Å². The Morgan fingerprint density at radius 1 is 1.38 bits per heavy atom. The number of nitriles is 1. The second-order valence-electron chi connectivity index (χ2n) is 4.22. The Morgan fingerprint density at radius 2 is 2.14 bits per heavy atom. The number of nitrogens with zero attached hydrogens (tertiary/aromatic N) is 3. The number of anilines is 2. The third-order valence-electron chi connectivity index (χ3n) is 2.64. The van der Waals surface area contributed by atoms with Gasteiger partial charge in [-0.1, -0.05) is 12.1 Å². The van der Waals surface area contributed by atoms with E-state index in [1.807, 2.05) is 6.07 Å². The fourth-order valence-corrected chi connectivity index (χ4v) is 1.78. The van der Waals surface area contributed by atoms with Crippen LogP contribution in [0.3, 0.4) is 0 Å². The maximum atomic E-state index is 11.9. The van der Waals surface area contributed by atoms with Crippen molar-refractivity contribution in [1.82, 2.24) is 9.97 Å². The molecule has 2 rings (SSSR count). The molecule has 21 heavy (non-hydrogen) atoms. The molecule has 0 aliphatic rings. The van der Waals surface area contributed by atoms with Crippen LogP contribution in [0.15, 0.2) is 30.3 Å². The van der Waals surface area contributed by atoms with Crippen molar-refractivity contribution in [1.29, 1.82) is 5.26 Å². The molecule has 6 heteroatoms. The first-order valence-electron chi connectivity index (χ1n) is 6.43. The topological polar surface area (TPSA) is 87.9 Å². The van der Waals surface area contributed by atoms with E-state index in [2.05, 4.69) is 15.3 Å². The molecule has 1 N–H and O–H groups in total. The standard InChI is InChI=1S/C15H14N4O2/c1-3-21-14(20)12-6-4-5-7-13(12)19-15-17-10(2)8-11(9-16)18-15/h4-8H,3H2,1-2H3,(H,17,18,19). The van der Waals surface area contributed by atoms with Crippen molar-refractivity contribution < 1.29 is 9.53 Å². The average Bonchev–Trinajstić information content (AvgIpc) is 2.47. The van der Waals surface area contributed by atoms with Crippen LogP contribution in [0.4, 0.5) is 11.6 Å². The lowest BCUT2D eigenvalue weighted by Crippen LogP contribution is -2.09. The summed E-state index contributed by atoms with van der Waals surface area (Å²) < 4.78 is 5.00. The SMILES string of the molecule is CCOC(=O)c1ccccc1Nc1nc(C)cc(C#N)n1. The van der Waals surface area contributed by atoms with Crippen LogP contribution >= 0.6 is 0 Å². The maximum absolute atomic E-state index is 11.9. The molecule has 0 spiro atoms. The lowest BCUT2D eigenvalue weighted by atomic mass is 10.2. The molecule has 1 heterocycles. The zero-order chi connectivity index (χ0) is 15.2. The third kappa shape index (κ3) is 3.54. The summed E-state index contributed by atoms with van der Waals surface area (Å²) in [6.45, 7) is 3.81. The van der Waals surface area contributed by atoms with Crippen LogP contribution in [0.5, 0.6) is 0 Å². The monoisotopic (exact) mass is 282 g/mol. The predicted molar refractivity (Wildman–Crippen MR) is 77.2 cm³/mol. The van der Waals surface area contributed by atoms with Gasteiger partial charge in [0.25, 0.3) is 0 Å². The molecule has 0 atom stereocenters. The van der Waals surface area contributed by atoms with Crippen molar-refractivity contribution in [2.45, 2.75) is 13.8 Å². The normalized spacial score (nSPS) is 9.76. The van der Waals surface area contributed by atoms with Gasteiger partial charge in [-0.3, -0.25) is 0 Å². The quantitative estimate of drug-likeness (QED) is 0.867. The average molecular weight is 282 g/mol. The Hall–Kier alpha value is -2.94. The third-order valence-corrected chi connectivity index (χ3v) is 2.64. The number of ether oxygens (including phenoxy) is 1. The van der Waals surface area contributed by atoms with Gasteiger partial charge >= 0.3 is 5.97 Å².